The van der Waals surface area contributed by atoms with Crippen LogP contribution >= 0.6 is 12.4 Å². The zero-order valence-electron chi connectivity index (χ0n) is 9.87. The second kappa shape index (κ2) is 5.93. The van der Waals surface area contributed by atoms with E-state index in [0.29, 0.717) is 11.8 Å². The van der Waals surface area contributed by atoms with E-state index in [0.717, 1.165) is 30.9 Å². The zero-order chi connectivity index (χ0) is 11.5. The molecule has 18 heavy (non-hydrogen) atoms. The Bertz CT molecular complexity index is 482. The summed E-state index contributed by atoms with van der Waals surface area (Å²) in [6, 6.07) is 3.74. The van der Waals surface area contributed by atoms with Crippen LogP contribution in [0.1, 0.15) is 24.6 Å². The van der Waals surface area contributed by atoms with Crippen LogP contribution in [-0.2, 0) is 0 Å². The summed E-state index contributed by atoms with van der Waals surface area (Å²) in [5, 5.41) is 7.42. The van der Waals surface area contributed by atoms with Crippen molar-refractivity contribution in [2.75, 3.05) is 13.1 Å². The molecule has 2 aromatic rings. The Balaban J connectivity index is 0.00000120. The number of nitrogens with one attached hydrogen (secondary N) is 1. The Hall–Kier alpha value is -1.46. The molecule has 1 fully saturated rings. The number of nitrogens with zero attached hydrogens (tertiary/aromatic N) is 3. The van der Waals surface area contributed by atoms with E-state index in [2.05, 4.69) is 20.4 Å². The molecule has 0 bridgehead atoms. The standard InChI is InChI=1S/C12H14N4O.ClH/c1-2-10(8-14-5-1)11-15-12(17-16-11)9-3-6-13-7-4-9;/h3-4,6-7,10,14H,1-2,5,8H2;1H. The van der Waals surface area contributed by atoms with Crippen LogP contribution in [0.15, 0.2) is 29.0 Å². The Labute approximate surface area is 111 Å². The van der Waals surface area contributed by atoms with Crippen LogP contribution in [0.4, 0.5) is 0 Å². The molecule has 3 heterocycles. The van der Waals surface area contributed by atoms with Crippen molar-refractivity contribution in [3.8, 4) is 11.5 Å². The summed E-state index contributed by atoms with van der Waals surface area (Å²) in [5.74, 6) is 1.76. The topological polar surface area (TPSA) is 63.8 Å². The van der Waals surface area contributed by atoms with E-state index in [9.17, 15) is 0 Å². The Morgan fingerprint density at radius 1 is 1.28 bits per heavy atom. The maximum Gasteiger partial charge on any atom is 0.258 e. The van der Waals surface area contributed by atoms with Crippen molar-refractivity contribution in [1.29, 1.82) is 0 Å². The van der Waals surface area contributed by atoms with Crippen LogP contribution in [0.5, 0.6) is 0 Å². The van der Waals surface area contributed by atoms with Gasteiger partial charge in [-0.1, -0.05) is 5.16 Å². The first-order valence-corrected chi connectivity index (χ1v) is 5.88. The second-order valence-electron chi connectivity index (χ2n) is 4.24. The minimum absolute atomic E-state index is 0. The summed E-state index contributed by atoms with van der Waals surface area (Å²) in [6.07, 6.45) is 5.74. The van der Waals surface area contributed by atoms with Crippen LogP contribution in [0.25, 0.3) is 11.5 Å². The number of pyridine rings is 1. The summed E-state index contributed by atoms with van der Waals surface area (Å²) in [6.45, 7) is 2.03. The lowest BCUT2D eigenvalue weighted by Gasteiger charge is -2.19. The van der Waals surface area contributed by atoms with E-state index in [1.807, 2.05) is 12.1 Å². The Morgan fingerprint density at radius 2 is 2.11 bits per heavy atom. The van der Waals surface area contributed by atoms with Gasteiger partial charge in [0, 0.05) is 30.4 Å². The van der Waals surface area contributed by atoms with E-state index in [1.165, 1.54) is 6.42 Å². The third-order valence-corrected chi connectivity index (χ3v) is 3.03. The van der Waals surface area contributed by atoms with Crippen LogP contribution in [0, 0.1) is 0 Å². The molecule has 0 radical (unpaired) electrons. The third kappa shape index (κ3) is 2.68. The lowest BCUT2D eigenvalue weighted by Crippen LogP contribution is -2.28. The molecule has 5 nitrogen and oxygen atoms in total. The van der Waals surface area contributed by atoms with Gasteiger partial charge in [0.15, 0.2) is 5.82 Å². The molecule has 2 aromatic heterocycles. The average molecular weight is 267 g/mol. The van der Waals surface area contributed by atoms with Gasteiger partial charge in [-0.2, -0.15) is 4.98 Å². The highest BCUT2D eigenvalue weighted by Crippen LogP contribution is 2.23. The van der Waals surface area contributed by atoms with Crippen molar-refractivity contribution in [3.05, 3.63) is 30.4 Å². The minimum atomic E-state index is 0. The van der Waals surface area contributed by atoms with Crippen LogP contribution < -0.4 is 5.32 Å². The van der Waals surface area contributed by atoms with E-state index >= 15 is 0 Å². The Morgan fingerprint density at radius 3 is 2.83 bits per heavy atom. The number of hydrogen-bond donors (Lipinski definition) is 1. The van der Waals surface area contributed by atoms with Crippen LogP contribution in [0.2, 0.25) is 0 Å². The molecular formula is C12H15ClN4O. The third-order valence-electron chi connectivity index (χ3n) is 3.03. The SMILES string of the molecule is Cl.c1cc(-c2nc(C3CCCNC3)no2)ccn1. The maximum atomic E-state index is 5.29. The number of piperidine rings is 1. The summed E-state index contributed by atoms with van der Waals surface area (Å²) in [5.41, 5.74) is 0.919. The van der Waals surface area contributed by atoms with Gasteiger partial charge in [0.1, 0.15) is 0 Å². The first-order valence-electron chi connectivity index (χ1n) is 5.88. The van der Waals surface area contributed by atoms with Gasteiger partial charge in [-0.15, -0.1) is 12.4 Å². The van der Waals surface area contributed by atoms with Gasteiger partial charge in [0.05, 0.1) is 0 Å². The fraction of sp³-hybridized carbons (Fsp3) is 0.417. The van der Waals surface area contributed by atoms with Crippen molar-refractivity contribution in [2.24, 2.45) is 0 Å². The predicted molar refractivity (Wildman–Crippen MR) is 69.6 cm³/mol. The second-order valence-corrected chi connectivity index (χ2v) is 4.24. The summed E-state index contributed by atoms with van der Waals surface area (Å²) in [7, 11) is 0. The molecule has 0 spiro atoms. The van der Waals surface area contributed by atoms with Gasteiger partial charge in [-0.3, -0.25) is 4.98 Å². The number of hydrogen-bond acceptors (Lipinski definition) is 5. The highest BCUT2D eigenvalue weighted by atomic mass is 35.5. The van der Waals surface area contributed by atoms with Crippen molar-refractivity contribution < 1.29 is 4.52 Å². The van der Waals surface area contributed by atoms with Crippen LogP contribution in [-0.4, -0.2) is 28.2 Å². The molecule has 1 saturated heterocycles. The average Bonchev–Trinajstić information content (AvgIpc) is 2.90. The molecule has 0 aromatic carbocycles. The van der Waals surface area contributed by atoms with Crippen molar-refractivity contribution in [3.63, 3.8) is 0 Å². The lowest BCUT2D eigenvalue weighted by molar-refractivity contribution is 0.393. The van der Waals surface area contributed by atoms with Gasteiger partial charge in [0.2, 0.25) is 0 Å². The van der Waals surface area contributed by atoms with Crippen molar-refractivity contribution >= 4 is 12.4 Å². The molecule has 1 unspecified atom stereocenters. The molecule has 6 heteroatoms. The molecule has 0 aliphatic carbocycles. The number of rotatable bonds is 2. The summed E-state index contributed by atoms with van der Waals surface area (Å²) in [4.78, 5) is 8.43. The maximum absolute atomic E-state index is 5.29. The molecule has 3 rings (SSSR count). The summed E-state index contributed by atoms with van der Waals surface area (Å²) < 4.78 is 5.29. The predicted octanol–water partition coefficient (Wildman–Crippen LogP) is 2.02. The first kappa shape index (κ1) is 13.0. The summed E-state index contributed by atoms with van der Waals surface area (Å²) >= 11 is 0. The molecular weight excluding hydrogens is 252 g/mol. The fourth-order valence-corrected chi connectivity index (χ4v) is 2.08. The molecule has 1 atom stereocenters. The van der Waals surface area contributed by atoms with E-state index in [4.69, 9.17) is 4.52 Å². The van der Waals surface area contributed by atoms with Crippen LogP contribution in [0.3, 0.4) is 0 Å². The van der Waals surface area contributed by atoms with Crippen molar-refractivity contribution in [1.82, 2.24) is 20.4 Å². The first-order chi connectivity index (χ1) is 8.43. The monoisotopic (exact) mass is 266 g/mol. The largest absolute Gasteiger partial charge is 0.334 e. The molecule has 0 amide bonds. The lowest BCUT2D eigenvalue weighted by atomic mass is 9.99. The fourth-order valence-electron chi connectivity index (χ4n) is 2.08. The highest BCUT2D eigenvalue weighted by Gasteiger charge is 2.20. The molecule has 0 saturated carbocycles. The Kier molecular flexibility index (Phi) is 4.28. The smallest absolute Gasteiger partial charge is 0.258 e. The highest BCUT2D eigenvalue weighted by molar-refractivity contribution is 5.85. The normalized spacial score (nSPS) is 19.2. The molecule has 96 valence electrons. The van der Waals surface area contributed by atoms with Gasteiger partial charge in [0.25, 0.3) is 5.89 Å². The van der Waals surface area contributed by atoms with E-state index in [-0.39, 0.29) is 12.4 Å². The van der Waals surface area contributed by atoms with Gasteiger partial charge < -0.3 is 9.84 Å². The molecule has 1 N–H and O–H groups in total. The van der Waals surface area contributed by atoms with Gasteiger partial charge in [-0.25, -0.2) is 0 Å². The number of halogens is 1. The zero-order valence-corrected chi connectivity index (χ0v) is 10.7. The minimum Gasteiger partial charge on any atom is -0.334 e. The van der Waals surface area contributed by atoms with E-state index < -0.39 is 0 Å². The van der Waals surface area contributed by atoms with Gasteiger partial charge >= 0.3 is 0 Å². The molecule has 1 aliphatic rings. The number of aromatic nitrogens is 3. The molecule has 1 aliphatic heterocycles. The van der Waals surface area contributed by atoms with Crippen molar-refractivity contribution in [2.45, 2.75) is 18.8 Å². The quantitative estimate of drug-likeness (QED) is 0.901. The van der Waals surface area contributed by atoms with E-state index in [1.54, 1.807) is 12.4 Å². The van der Waals surface area contributed by atoms with Gasteiger partial charge in [-0.05, 0) is 31.5 Å².